The summed E-state index contributed by atoms with van der Waals surface area (Å²) in [6.45, 7) is 3.37. The SMILES string of the molecule is O=C(c1cn[nH]c1-c1ccccc1)N1CCCNCC1. The van der Waals surface area contributed by atoms with Gasteiger partial charge in [0.25, 0.3) is 5.91 Å². The Morgan fingerprint density at radius 3 is 2.85 bits per heavy atom. The minimum atomic E-state index is 0.0568. The van der Waals surface area contributed by atoms with Crippen LogP contribution in [-0.4, -0.2) is 47.2 Å². The van der Waals surface area contributed by atoms with Gasteiger partial charge in [0.1, 0.15) is 0 Å². The van der Waals surface area contributed by atoms with Gasteiger partial charge in [0.2, 0.25) is 0 Å². The van der Waals surface area contributed by atoms with Crippen LogP contribution in [0.1, 0.15) is 16.8 Å². The molecule has 2 heterocycles. The van der Waals surface area contributed by atoms with E-state index in [0.717, 1.165) is 43.9 Å². The van der Waals surface area contributed by atoms with Crippen LogP contribution in [0.25, 0.3) is 11.3 Å². The van der Waals surface area contributed by atoms with Crippen molar-refractivity contribution in [3.05, 3.63) is 42.1 Å². The molecular formula is C15H18N4O. The lowest BCUT2D eigenvalue weighted by Crippen LogP contribution is -2.34. The standard InChI is InChI=1S/C15H18N4O/c20-15(19-9-4-7-16-8-10-19)13-11-17-18-14(13)12-5-2-1-3-6-12/h1-3,5-6,11,16H,4,7-10H2,(H,17,18). The minimum Gasteiger partial charge on any atom is -0.337 e. The lowest BCUT2D eigenvalue weighted by molar-refractivity contribution is 0.0767. The van der Waals surface area contributed by atoms with Gasteiger partial charge < -0.3 is 10.2 Å². The molecule has 0 saturated carbocycles. The third kappa shape index (κ3) is 2.58. The average Bonchev–Trinajstić information content (AvgIpc) is 2.82. The van der Waals surface area contributed by atoms with Crippen molar-refractivity contribution in [3.8, 4) is 11.3 Å². The first-order valence-electron chi connectivity index (χ1n) is 6.95. The van der Waals surface area contributed by atoms with E-state index in [2.05, 4.69) is 15.5 Å². The number of carbonyl (C=O) groups excluding carboxylic acids is 1. The summed E-state index contributed by atoms with van der Waals surface area (Å²) in [5, 5.41) is 10.3. The molecule has 2 aromatic rings. The van der Waals surface area contributed by atoms with Crippen LogP contribution < -0.4 is 5.32 Å². The van der Waals surface area contributed by atoms with Gasteiger partial charge in [0.05, 0.1) is 17.5 Å². The number of amides is 1. The normalized spacial score (nSPS) is 15.9. The molecule has 20 heavy (non-hydrogen) atoms. The van der Waals surface area contributed by atoms with Crippen molar-refractivity contribution in [1.82, 2.24) is 20.4 Å². The molecule has 5 nitrogen and oxygen atoms in total. The molecule has 1 saturated heterocycles. The Labute approximate surface area is 118 Å². The van der Waals surface area contributed by atoms with E-state index in [0.29, 0.717) is 5.56 Å². The second-order valence-corrected chi connectivity index (χ2v) is 4.92. The summed E-state index contributed by atoms with van der Waals surface area (Å²) < 4.78 is 0. The summed E-state index contributed by atoms with van der Waals surface area (Å²) in [4.78, 5) is 14.5. The Morgan fingerprint density at radius 2 is 2.00 bits per heavy atom. The van der Waals surface area contributed by atoms with E-state index in [1.165, 1.54) is 0 Å². The topological polar surface area (TPSA) is 61.0 Å². The molecule has 0 aliphatic carbocycles. The van der Waals surface area contributed by atoms with Crippen molar-refractivity contribution < 1.29 is 4.79 Å². The first-order valence-corrected chi connectivity index (χ1v) is 6.95. The Morgan fingerprint density at radius 1 is 1.15 bits per heavy atom. The number of benzene rings is 1. The Kier molecular flexibility index (Phi) is 3.78. The molecule has 0 bridgehead atoms. The van der Waals surface area contributed by atoms with E-state index in [-0.39, 0.29) is 5.91 Å². The molecule has 0 radical (unpaired) electrons. The van der Waals surface area contributed by atoms with Gasteiger partial charge >= 0.3 is 0 Å². The molecule has 1 aliphatic heterocycles. The van der Waals surface area contributed by atoms with E-state index in [1.54, 1.807) is 6.20 Å². The maximum absolute atomic E-state index is 12.6. The minimum absolute atomic E-state index is 0.0568. The fourth-order valence-corrected chi connectivity index (χ4v) is 2.49. The first-order chi connectivity index (χ1) is 9.86. The zero-order valence-electron chi connectivity index (χ0n) is 11.3. The highest BCUT2D eigenvalue weighted by atomic mass is 16.2. The van der Waals surface area contributed by atoms with E-state index in [1.807, 2.05) is 35.2 Å². The molecule has 3 rings (SSSR count). The van der Waals surface area contributed by atoms with Crippen molar-refractivity contribution in [2.45, 2.75) is 6.42 Å². The number of carbonyl (C=O) groups is 1. The largest absolute Gasteiger partial charge is 0.337 e. The van der Waals surface area contributed by atoms with Crippen molar-refractivity contribution in [2.75, 3.05) is 26.2 Å². The molecule has 2 N–H and O–H groups in total. The fourth-order valence-electron chi connectivity index (χ4n) is 2.49. The number of aromatic nitrogens is 2. The second kappa shape index (κ2) is 5.88. The van der Waals surface area contributed by atoms with Gasteiger partial charge in [-0.15, -0.1) is 0 Å². The molecule has 104 valence electrons. The highest BCUT2D eigenvalue weighted by molar-refractivity contribution is 5.99. The van der Waals surface area contributed by atoms with Gasteiger partial charge in [0, 0.05) is 25.2 Å². The third-order valence-corrected chi connectivity index (χ3v) is 3.56. The second-order valence-electron chi connectivity index (χ2n) is 4.92. The van der Waals surface area contributed by atoms with Gasteiger partial charge in [-0.3, -0.25) is 9.89 Å². The van der Waals surface area contributed by atoms with Crippen LogP contribution >= 0.6 is 0 Å². The summed E-state index contributed by atoms with van der Waals surface area (Å²) in [6.07, 6.45) is 2.62. The number of aromatic amines is 1. The smallest absolute Gasteiger partial charge is 0.257 e. The summed E-state index contributed by atoms with van der Waals surface area (Å²) in [6, 6.07) is 9.84. The highest BCUT2D eigenvalue weighted by Gasteiger charge is 2.21. The van der Waals surface area contributed by atoms with Crippen molar-refractivity contribution >= 4 is 5.91 Å². The number of nitrogens with one attached hydrogen (secondary N) is 2. The lowest BCUT2D eigenvalue weighted by Gasteiger charge is -2.19. The zero-order valence-corrected chi connectivity index (χ0v) is 11.3. The molecule has 1 amide bonds. The van der Waals surface area contributed by atoms with E-state index < -0.39 is 0 Å². The maximum atomic E-state index is 12.6. The van der Waals surface area contributed by atoms with Crippen LogP contribution in [0, 0.1) is 0 Å². The van der Waals surface area contributed by atoms with Gasteiger partial charge in [-0.1, -0.05) is 30.3 Å². The predicted molar refractivity (Wildman–Crippen MR) is 77.4 cm³/mol. The molecular weight excluding hydrogens is 252 g/mol. The average molecular weight is 270 g/mol. The monoisotopic (exact) mass is 270 g/mol. The summed E-state index contributed by atoms with van der Waals surface area (Å²) >= 11 is 0. The zero-order chi connectivity index (χ0) is 13.8. The van der Waals surface area contributed by atoms with Crippen molar-refractivity contribution in [1.29, 1.82) is 0 Å². The van der Waals surface area contributed by atoms with Crippen LogP contribution in [0.2, 0.25) is 0 Å². The summed E-state index contributed by atoms with van der Waals surface area (Å²) in [5.74, 6) is 0.0568. The van der Waals surface area contributed by atoms with Gasteiger partial charge in [0.15, 0.2) is 0 Å². The number of H-pyrrole nitrogens is 1. The first kappa shape index (κ1) is 12.9. The Hall–Kier alpha value is -2.14. The van der Waals surface area contributed by atoms with Crippen LogP contribution in [0.3, 0.4) is 0 Å². The molecule has 1 aromatic heterocycles. The van der Waals surface area contributed by atoms with E-state index >= 15 is 0 Å². The van der Waals surface area contributed by atoms with Gasteiger partial charge in [-0.25, -0.2) is 0 Å². The predicted octanol–water partition coefficient (Wildman–Crippen LogP) is 1.51. The lowest BCUT2D eigenvalue weighted by atomic mass is 10.1. The highest BCUT2D eigenvalue weighted by Crippen LogP contribution is 2.22. The molecule has 1 aliphatic rings. The van der Waals surface area contributed by atoms with Crippen LogP contribution in [-0.2, 0) is 0 Å². The molecule has 5 heteroatoms. The Balaban J connectivity index is 1.87. The molecule has 1 fully saturated rings. The molecule has 0 atom stereocenters. The number of rotatable bonds is 2. The van der Waals surface area contributed by atoms with Crippen LogP contribution in [0.5, 0.6) is 0 Å². The van der Waals surface area contributed by atoms with Gasteiger partial charge in [-0.2, -0.15) is 5.10 Å². The van der Waals surface area contributed by atoms with Crippen molar-refractivity contribution in [2.24, 2.45) is 0 Å². The summed E-state index contributed by atoms with van der Waals surface area (Å²) in [7, 11) is 0. The van der Waals surface area contributed by atoms with Crippen molar-refractivity contribution in [3.63, 3.8) is 0 Å². The van der Waals surface area contributed by atoms with Crippen LogP contribution in [0.4, 0.5) is 0 Å². The maximum Gasteiger partial charge on any atom is 0.257 e. The summed E-state index contributed by atoms with van der Waals surface area (Å²) in [5.41, 5.74) is 2.44. The quantitative estimate of drug-likeness (QED) is 0.869. The molecule has 0 spiro atoms. The van der Waals surface area contributed by atoms with E-state index in [9.17, 15) is 4.79 Å². The Bertz CT molecular complexity index is 571. The number of hydrogen-bond acceptors (Lipinski definition) is 3. The fraction of sp³-hybridized carbons (Fsp3) is 0.333. The van der Waals surface area contributed by atoms with Gasteiger partial charge in [-0.05, 0) is 13.0 Å². The number of nitrogens with zero attached hydrogens (tertiary/aromatic N) is 2. The number of hydrogen-bond donors (Lipinski definition) is 2. The molecule has 1 aromatic carbocycles. The van der Waals surface area contributed by atoms with Crippen LogP contribution in [0.15, 0.2) is 36.5 Å². The van der Waals surface area contributed by atoms with E-state index in [4.69, 9.17) is 0 Å². The molecule has 0 unspecified atom stereocenters. The third-order valence-electron chi connectivity index (χ3n) is 3.56.